The molecule has 0 aliphatic heterocycles. The fourth-order valence-electron chi connectivity index (χ4n) is 4.01. The fourth-order valence-corrected chi connectivity index (χ4v) is 4.01. The molecular weight excluding hydrogens is 354 g/mol. The van der Waals surface area contributed by atoms with Crippen molar-refractivity contribution in [2.45, 2.75) is 90.4 Å². The molecule has 1 N–H and O–H groups in total. The molecule has 2 aromatic heterocycles. The molecule has 0 unspecified atom stereocenters. The lowest BCUT2D eigenvalue weighted by Gasteiger charge is -2.03. The molecule has 1 aromatic carbocycles. The van der Waals surface area contributed by atoms with E-state index < -0.39 is 0 Å². The number of pyridine rings is 1. The number of H-pyrrole nitrogens is 1. The summed E-state index contributed by atoms with van der Waals surface area (Å²) in [7, 11) is 0. The highest BCUT2D eigenvalue weighted by Crippen LogP contribution is 2.21. The molecule has 0 atom stereocenters. The predicted octanol–water partition coefficient (Wildman–Crippen LogP) is 7.87. The molecular formula is C26H37N3. The lowest BCUT2D eigenvalue weighted by atomic mass is 10.0. The van der Waals surface area contributed by atoms with Crippen molar-refractivity contribution in [3.63, 3.8) is 0 Å². The van der Waals surface area contributed by atoms with E-state index in [1.807, 2.05) is 24.4 Å². The number of imidazole rings is 1. The molecule has 3 aromatic rings. The second-order valence-electron chi connectivity index (χ2n) is 8.29. The van der Waals surface area contributed by atoms with Gasteiger partial charge in [-0.3, -0.25) is 4.98 Å². The first-order valence-corrected chi connectivity index (χ1v) is 11.8. The second kappa shape index (κ2) is 12.4. The van der Waals surface area contributed by atoms with E-state index >= 15 is 0 Å². The van der Waals surface area contributed by atoms with Gasteiger partial charge in [-0.15, -0.1) is 0 Å². The number of hydrogen-bond acceptors (Lipinski definition) is 2. The summed E-state index contributed by atoms with van der Waals surface area (Å²) in [6.45, 7) is 2.29. The summed E-state index contributed by atoms with van der Waals surface area (Å²) in [5, 5.41) is 0. The lowest BCUT2D eigenvalue weighted by molar-refractivity contribution is 0.544. The highest BCUT2D eigenvalue weighted by Gasteiger charge is 2.06. The summed E-state index contributed by atoms with van der Waals surface area (Å²) in [6, 6.07) is 12.5. The topological polar surface area (TPSA) is 41.6 Å². The van der Waals surface area contributed by atoms with Gasteiger partial charge in [0, 0.05) is 6.20 Å². The maximum atomic E-state index is 4.67. The number of hydrogen-bond donors (Lipinski definition) is 1. The van der Waals surface area contributed by atoms with Gasteiger partial charge in [0.2, 0.25) is 0 Å². The SMILES string of the molecule is CCCCCCCCCCCCCCc1ccc2nc(-c3ccccn3)[nH]c2c1. The maximum Gasteiger partial charge on any atom is 0.157 e. The Balaban J connectivity index is 1.31. The molecule has 3 heteroatoms. The number of rotatable bonds is 14. The van der Waals surface area contributed by atoms with E-state index in [0.717, 1.165) is 29.0 Å². The third-order valence-electron chi connectivity index (χ3n) is 5.77. The van der Waals surface area contributed by atoms with E-state index in [9.17, 15) is 0 Å². The van der Waals surface area contributed by atoms with E-state index in [-0.39, 0.29) is 0 Å². The first kappa shape index (κ1) is 21.5. The maximum absolute atomic E-state index is 4.67. The van der Waals surface area contributed by atoms with Crippen LogP contribution in [0.4, 0.5) is 0 Å². The molecule has 0 radical (unpaired) electrons. The van der Waals surface area contributed by atoms with E-state index in [4.69, 9.17) is 0 Å². The number of benzene rings is 1. The molecule has 3 nitrogen and oxygen atoms in total. The van der Waals surface area contributed by atoms with Crippen LogP contribution in [0.15, 0.2) is 42.6 Å². The van der Waals surface area contributed by atoms with E-state index in [1.54, 1.807) is 0 Å². The van der Waals surface area contributed by atoms with Crippen LogP contribution in [-0.2, 0) is 6.42 Å². The summed E-state index contributed by atoms with van der Waals surface area (Å²) in [5.74, 6) is 0.850. The van der Waals surface area contributed by atoms with E-state index in [2.05, 4.69) is 40.1 Å². The van der Waals surface area contributed by atoms with E-state index in [0.29, 0.717) is 0 Å². The monoisotopic (exact) mass is 391 g/mol. The standard InChI is InChI=1S/C26H37N3/c1-2-3-4-5-6-7-8-9-10-11-12-13-16-22-18-19-23-25(21-22)29-26(28-23)24-17-14-15-20-27-24/h14-15,17-21H,2-13,16H2,1H3,(H,28,29). The lowest BCUT2D eigenvalue weighted by Crippen LogP contribution is -1.87. The normalized spacial score (nSPS) is 11.3. The zero-order valence-electron chi connectivity index (χ0n) is 18.1. The van der Waals surface area contributed by atoms with Crippen molar-refractivity contribution < 1.29 is 0 Å². The molecule has 0 saturated heterocycles. The minimum absolute atomic E-state index is 0.850. The number of nitrogens with one attached hydrogen (secondary N) is 1. The summed E-state index contributed by atoms with van der Waals surface area (Å²) in [5.41, 5.74) is 4.43. The number of unbranched alkanes of at least 4 members (excludes halogenated alkanes) is 11. The van der Waals surface area contributed by atoms with Gasteiger partial charge in [0.25, 0.3) is 0 Å². The number of aromatic amines is 1. The van der Waals surface area contributed by atoms with Crippen LogP contribution >= 0.6 is 0 Å². The zero-order valence-corrected chi connectivity index (χ0v) is 18.1. The van der Waals surface area contributed by atoms with Crippen LogP contribution < -0.4 is 0 Å². The molecule has 0 aliphatic carbocycles. The van der Waals surface area contributed by atoms with Gasteiger partial charge in [0.05, 0.1) is 11.0 Å². The van der Waals surface area contributed by atoms with Crippen molar-refractivity contribution in [3.05, 3.63) is 48.2 Å². The average molecular weight is 392 g/mol. The van der Waals surface area contributed by atoms with Gasteiger partial charge in [-0.05, 0) is 42.7 Å². The fraction of sp³-hybridized carbons (Fsp3) is 0.538. The molecule has 0 fully saturated rings. The number of aromatic nitrogens is 3. The average Bonchev–Trinajstić information content (AvgIpc) is 3.19. The van der Waals surface area contributed by atoms with Crippen molar-refractivity contribution in [3.8, 4) is 11.5 Å². The van der Waals surface area contributed by atoms with Gasteiger partial charge in [-0.1, -0.05) is 89.7 Å². The van der Waals surface area contributed by atoms with Gasteiger partial charge in [-0.25, -0.2) is 4.98 Å². The Morgan fingerprint density at radius 2 is 1.45 bits per heavy atom. The molecule has 0 spiro atoms. The van der Waals surface area contributed by atoms with E-state index in [1.165, 1.54) is 82.6 Å². The molecule has 0 bridgehead atoms. The van der Waals surface area contributed by atoms with Crippen molar-refractivity contribution >= 4 is 11.0 Å². The van der Waals surface area contributed by atoms with Gasteiger partial charge in [-0.2, -0.15) is 0 Å². The van der Waals surface area contributed by atoms with Gasteiger partial charge < -0.3 is 4.98 Å². The molecule has 3 rings (SSSR count). The smallest absolute Gasteiger partial charge is 0.157 e. The molecule has 0 saturated carbocycles. The summed E-state index contributed by atoms with van der Waals surface area (Å²) >= 11 is 0. The summed E-state index contributed by atoms with van der Waals surface area (Å²) in [4.78, 5) is 12.5. The van der Waals surface area contributed by atoms with Crippen LogP contribution in [0, 0.1) is 0 Å². The molecule has 2 heterocycles. The van der Waals surface area contributed by atoms with Crippen molar-refractivity contribution in [2.24, 2.45) is 0 Å². The Bertz CT molecular complexity index is 822. The van der Waals surface area contributed by atoms with Gasteiger partial charge in [0.15, 0.2) is 5.82 Å². The minimum Gasteiger partial charge on any atom is -0.337 e. The summed E-state index contributed by atoms with van der Waals surface area (Å²) < 4.78 is 0. The first-order chi connectivity index (χ1) is 14.4. The predicted molar refractivity (Wildman–Crippen MR) is 124 cm³/mol. The van der Waals surface area contributed by atoms with Crippen molar-refractivity contribution in [1.29, 1.82) is 0 Å². The highest BCUT2D eigenvalue weighted by molar-refractivity contribution is 5.79. The third-order valence-corrected chi connectivity index (χ3v) is 5.77. The number of aryl methyl sites for hydroxylation is 1. The summed E-state index contributed by atoms with van der Waals surface area (Å²) in [6.07, 6.45) is 19.8. The Kier molecular flexibility index (Phi) is 9.22. The Hall–Kier alpha value is -2.16. The number of fused-ring (bicyclic) bond motifs is 1. The minimum atomic E-state index is 0.850. The second-order valence-corrected chi connectivity index (χ2v) is 8.29. The number of nitrogens with zero attached hydrogens (tertiary/aromatic N) is 2. The molecule has 0 aliphatic rings. The van der Waals surface area contributed by atoms with Crippen LogP contribution in [0.5, 0.6) is 0 Å². The van der Waals surface area contributed by atoms with Crippen LogP contribution in [0.1, 0.15) is 89.5 Å². The molecule has 0 amide bonds. The quantitative estimate of drug-likeness (QED) is 0.284. The van der Waals surface area contributed by atoms with Crippen LogP contribution in [0.3, 0.4) is 0 Å². The Morgan fingerprint density at radius 3 is 2.10 bits per heavy atom. The molecule has 156 valence electrons. The van der Waals surface area contributed by atoms with Crippen molar-refractivity contribution in [2.75, 3.05) is 0 Å². The molecule has 29 heavy (non-hydrogen) atoms. The highest BCUT2D eigenvalue weighted by atomic mass is 14.9. The van der Waals surface area contributed by atoms with Crippen LogP contribution in [-0.4, -0.2) is 15.0 Å². The van der Waals surface area contributed by atoms with Crippen LogP contribution in [0.25, 0.3) is 22.6 Å². The van der Waals surface area contributed by atoms with Gasteiger partial charge >= 0.3 is 0 Å². The largest absolute Gasteiger partial charge is 0.337 e. The third kappa shape index (κ3) is 7.30. The first-order valence-electron chi connectivity index (χ1n) is 11.8. The Labute approximate surface area is 176 Å². The Morgan fingerprint density at radius 1 is 0.759 bits per heavy atom. The van der Waals surface area contributed by atoms with Crippen molar-refractivity contribution in [1.82, 2.24) is 15.0 Å². The zero-order chi connectivity index (χ0) is 20.2. The van der Waals surface area contributed by atoms with Gasteiger partial charge in [0.1, 0.15) is 5.69 Å². The van der Waals surface area contributed by atoms with Crippen LogP contribution in [0.2, 0.25) is 0 Å².